The van der Waals surface area contributed by atoms with Crippen molar-refractivity contribution in [3.63, 3.8) is 0 Å². The summed E-state index contributed by atoms with van der Waals surface area (Å²) < 4.78 is 8.95. The van der Waals surface area contributed by atoms with Crippen molar-refractivity contribution in [3.05, 3.63) is 58.7 Å². The zero-order chi connectivity index (χ0) is 24.7. The lowest BCUT2D eigenvalue weighted by molar-refractivity contribution is -0.149. The molecule has 1 aliphatic rings. The highest BCUT2D eigenvalue weighted by molar-refractivity contribution is 5.81. The second-order valence-corrected chi connectivity index (χ2v) is 8.44. The number of allylic oxidation sites excluding steroid dienone is 9. The number of carboxylic acid groups (broad SMARTS) is 1. The highest BCUT2D eigenvalue weighted by Crippen LogP contribution is 2.40. The Morgan fingerprint density at radius 3 is 2.00 bits per heavy atom. The third-order valence-electron chi connectivity index (χ3n) is 4.82. The second kappa shape index (κ2) is 15.0. The SMILES string of the molecule is CC(=O)OCCOC(C)=O.CC(C=CC1=C(C)CCCC1(C)C)=CC=C/C(C)=C\C(=O)O. The second-order valence-electron chi connectivity index (χ2n) is 8.44. The molecule has 6 heteroatoms. The Hall–Kier alpha value is -2.89. The van der Waals surface area contributed by atoms with E-state index in [0.29, 0.717) is 0 Å². The zero-order valence-corrected chi connectivity index (χ0v) is 20.5. The van der Waals surface area contributed by atoms with Crippen LogP contribution in [0.4, 0.5) is 0 Å². The molecule has 0 aromatic carbocycles. The summed E-state index contributed by atoms with van der Waals surface area (Å²) in [5.74, 6) is -1.65. The maximum absolute atomic E-state index is 10.5. The van der Waals surface area contributed by atoms with E-state index in [0.717, 1.165) is 11.1 Å². The van der Waals surface area contributed by atoms with Crippen LogP contribution in [0.15, 0.2) is 58.7 Å². The van der Waals surface area contributed by atoms with Crippen LogP contribution in [0.2, 0.25) is 0 Å². The van der Waals surface area contributed by atoms with E-state index >= 15 is 0 Å². The van der Waals surface area contributed by atoms with Gasteiger partial charge in [-0.05, 0) is 56.6 Å². The number of carbonyl (C=O) groups excluding carboxylic acids is 2. The van der Waals surface area contributed by atoms with Crippen LogP contribution in [0.25, 0.3) is 0 Å². The largest absolute Gasteiger partial charge is 0.478 e. The Balaban J connectivity index is 0.000000809. The molecule has 6 nitrogen and oxygen atoms in total. The van der Waals surface area contributed by atoms with Gasteiger partial charge in [-0.3, -0.25) is 9.59 Å². The van der Waals surface area contributed by atoms with E-state index in [1.807, 2.05) is 12.2 Å². The van der Waals surface area contributed by atoms with E-state index in [4.69, 9.17) is 5.11 Å². The first kappa shape index (κ1) is 29.1. The van der Waals surface area contributed by atoms with Gasteiger partial charge in [-0.15, -0.1) is 0 Å². The van der Waals surface area contributed by atoms with Gasteiger partial charge < -0.3 is 14.6 Å². The van der Waals surface area contributed by atoms with Crippen molar-refractivity contribution in [3.8, 4) is 0 Å². The van der Waals surface area contributed by atoms with Gasteiger partial charge in [0, 0.05) is 19.9 Å². The summed E-state index contributed by atoms with van der Waals surface area (Å²) in [7, 11) is 0. The van der Waals surface area contributed by atoms with E-state index in [9.17, 15) is 14.4 Å². The van der Waals surface area contributed by atoms with Crippen molar-refractivity contribution in [2.45, 2.75) is 67.7 Å². The summed E-state index contributed by atoms with van der Waals surface area (Å²) >= 11 is 0. The molecule has 32 heavy (non-hydrogen) atoms. The van der Waals surface area contributed by atoms with Crippen LogP contribution in [0.1, 0.15) is 67.7 Å². The molecule has 0 aromatic rings. The summed E-state index contributed by atoms with van der Waals surface area (Å²) in [4.78, 5) is 30.8. The van der Waals surface area contributed by atoms with Crippen LogP contribution in [0.3, 0.4) is 0 Å². The minimum absolute atomic E-state index is 0.134. The molecule has 0 heterocycles. The summed E-state index contributed by atoms with van der Waals surface area (Å²) in [5.41, 5.74) is 5.09. The number of carbonyl (C=O) groups is 3. The normalized spacial score (nSPS) is 16.6. The first-order valence-corrected chi connectivity index (χ1v) is 10.8. The molecule has 0 radical (unpaired) electrons. The highest BCUT2D eigenvalue weighted by Gasteiger charge is 2.26. The number of rotatable bonds is 8. The lowest BCUT2D eigenvalue weighted by atomic mass is 9.72. The van der Waals surface area contributed by atoms with Crippen molar-refractivity contribution in [1.29, 1.82) is 0 Å². The van der Waals surface area contributed by atoms with Crippen molar-refractivity contribution < 1.29 is 29.0 Å². The molecule has 0 bridgehead atoms. The number of aliphatic carboxylic acids is 1. The predicted molar refractivity (Wildman–Crippen MR) is 127 cm³/mol. The third kappa shape index (κ3) is 14.2. The molecule has 178 valence electrons. The molecule has 1 aliphatic carbocycles. The van der Waals surface area contributed by atoms with Gasteiger partial charge in [-0.1, -0.05) is 55.4 Å². The molecule has 0 spiro atoms. The Labute approximate surface area is 192 Å². The van der Waals surface area contributed by atoms with Gasteiger partial charge in [0.15, 0.2) is 0 Å². The Bertz CT molecular complexity index is 790. The Kier molecular flexibility index (Phi) is 13.6. The predicted octanol–water partition coefficient (Wildman–Crippen LogP) is 5.72. The molecule has 0 unspecified atom stereocenters. The molecule has 0 amide bonds. The van der Waals surface area contributed by atoms with Crippen LogP contribution in [-0.2, 0) is 23.9 Å². The first-order valence-electron chi connectivity index (χ1n) is 10.8. The molecule has 0 aliphatic heterocycles. The van der Waals surface area contributed by atoms with Crippen LogP contribution >= 0.6 is 0 Å². The van der Waals surface area contributed by atoms with E-state index in [-0.39, 0.29) is 30.6 Å². The summed E-state index contributed by atoms with van der Waals surface area (Å²) in [6, 6.07) is 0. The Morgan fingerprint density at radius 2 is 1.53 bits per heavy atom. The first-order chi connectivity index (χ1) is 14.8. The van der Waals surface area contributed by atoms with Crippen molar-refractivity contribution in [2.24, 2.45) is 5.41 Å². The van der Waals surface area contributed by atoms with E-state index in [2.05, 4.69) is 49.3 Å². The maximum Gasteiger partial charge on any atom is 0.328 e. The minimum Gasteiger partial charge on any atom is -0.478 e. The third-order valence-corrected chi connectivity index (χ3v) is 4.82. The lowest BCUT2D eigenvalue weighted by Crippen LogP contribution is -2.19. The van der Waals surface area contributed by atoms with E-state index < -0.39 is 5.97 Å². The fraction of sp³-hybridized carbons (Fsp3) is 0.500. The Morgan fingerprint density at radius 1 is 0.969 bits per heavy atom. The average molecular weight is 447 g/mol. The molecule has 0 atom stereocenters. The number of esters is 2. The molecular formula is C26H38O6. The van der Waals surface area contributed by atoms with Gasteiger partial charge in [0.05, 0.1) is 0 Å². The fourth-order valence-electron chi connectivity index (χ4n) is 3.25. The van der Waals surface area contributed by atoms with Gasteiger partial charge in [-0.2, -0.15) is 0 Å². The standard InChI is InChI=1S/C20H28O2.C6H10O4/c1-15(8-6-9-16(2)14-19(21)22)11-12-18-17(3)10-7-13-20(18,4)5;1-5(7)9-3-4-10-6(2)8/h6,8-9,11-12,14H,7,10,13H2,1-5H3,(H,21,22);3-4H2,1-2H3/b9-6?,12-11?,15-8?,16-14-;. The average Bonchev–Trinajstić information content (AvgIpc) is 2.64. The zero-order valence-electron chi connectivity index (χ0n) is 20.5. The van der Waals surface area contributed by atoms with Gasteiger partial charge >= 0.3 is 17.9 Å². The number of carboxylic acids is 1. The van der Waals surface area contributed by atoms with Crippen molar-refractivity contribution in [2.75, 3.05) is 13.2 Å². The van der Waals surface area contributed by atoms with E-state index in [1.54, 1.807) is 13.0 Å². The maximum atomic E-state index is 10.5. The lowest BCUT2D eigenvalue weighted by Gasteiger charge is -2.32. The number of ether oxygens (including phenoxy) is 2. The summed E-state index contributed by atoms with van der Waals surface area (Å²) in [5, 5.41) is 8.65. The van der Waals surface area contributed by atoms with Gasteiger partial charge in [0.1, 0.15) is 13.2 Å². The highest BCUT2D eigenvalue weighted by atomic mass is 16.6. The molecule has 1 N–H and O–H groups in total. The van der Waals surface area contributed by atoms with Gasteiger partial charge in [0.25, 0.3) is 0 Å². The smallest absolute Gasteiger partial charge is 0.328 e. The van der Waals surface area contributed by atoms with Crippen molar-refractivity contribution in [1.82, 2.24) is 0 Å². The van der Waals surface area contributed by atoms with Crippen LogP contribution < -0.4 is 0 Å². The van der Waals surface area contributed by atoms with Crippen LogP contribution in [0, 0.1) is 5.41 Å². The molecule has 0 saturated carbocycles. The van der Waals surface area contributed by atoms with Crippen molar-refractivity contribution >= 4 is 17.9 Å². The van der Waals surface area contributed by atoms with Gasteiger partial charge in [-0.25, -0.2) is 4.79 Å². The summed E-state index contributed by atoms with van der Waals surface area (Å²) in [6.45, 7) is 13.6. The number of hydrogen-bond donors (Lipinski definition) is 1. The molecule has 1 rings (SSSR count). The van der Waals surface area contributed by atoms with E-state index in [1.165, 1.54) is 50.3 Å². The topological polar surface area (TPSA) is 89.9 Å². The summed E-state index contributed by atoms with van der Waals surface area (Å²) in [6.07, 6.45) is 15.0. The molecular weight excluding hydrogens is 408 g/mol. The van der Waals surface area contributed by atoms with Gasteiger partial charge in [0.2, 0.25) is 0 Å². The quantitative estimate of drug-likeness (QED) is 0.222. The molecule has 0 aromatic heterocycles. The minimum atomic E-state index is -0.912. The van der Waals surface area contributed by atoms with Crippen LogP contribution in [0.5, 0.6) is 0 Å². The fourth-order valence-corrected chi connectivity index (χ4v) is 3.25. The molecule has 0 fully saturated rings. The monoisotopic (exact) mass is 446 g/mol. The van der Waals surface area contributed by atoms with Crippen LogP contribution in [-0.4, -0.2) is 36.2 Å². The number of hydrogen-bond acceptors (Lipinski definition) is 5. The molecule has 0 saturated heterocycles.